The molecule has 2 aliphatic rings. The Kier molecular flexibility index (Phi) is 9.98. The lowest BCUT2D eigenvalue weighted by Crippen LogP contribution is -2.43. The molecule has 42 heavy (non-hydrogen) atoms. The lowest BCUT2D eigenvalue weighted by molar-refractivity contribution is -0.160. The molecule has 10 heteroatoms. The predicted octanol–water partition coefficient (Wildman–Crippen LogP) is 6.38. The van der Waals surface area contributed by atoms with Gasteiger partial charge in [-0.3, -0.25) is 9.59 Å². The van der Waals surface area contributed by atoms with Gasteiger partial charge in [0.2, 0.25) is 0 Å². The molecule has 0 bridgehead atoms. The molecule has 2 atom stereocenters. The molecule has 2 fully saturated rings. The van der Waals surface area contributed by atoms with E-state index < -0.39 is 23.3 Å². The van der Waals surface area contributed by atoms with E-state index in [2.05, 4.69) is 0 Å². The summed E-state index contributed by atoms with van der Waals surface area (Å²) in [6, 6.07) is 13.4. The second kappa shape index (κ2) is 13.1. The van der Waals surface area contributed by atoms with Crippen LogP contribution in [0.4, 0.5) is 0 Å². The first-order chi connectivity index (χ1) is 19.7. The fourth-order valence-corrected chi connectivity index (χ4v) is 7.43. The zero-order valence-corrected chi connectivity index (χ0v) is 26.8. The Morgan fingerprint density at radius 1 is 0.643 bits per heavy atom. The van der Waals surface area contributed by atoms with Gasteiger partial charge < -0.3 is 19.3 Å². The van der Waals surface area contributed by atoms with E-state index in [1.54, 1.807) is 21.9 Å². The molecule has 226 valence electrons. The van der Waals surface area contributed by atoms with Gasteiger partial charge in [-0.2, -0.15) is 0 Å². The van der Waals surface area contributed by atoms with Crippen LogP contribution in [0.5, 0.6) is 0 Å². The summed E-state index contributed by atoms with van der Waals surface area (Å²) in [7, 11) is 2.77. The van der Waals surface area contributed by atoms with Crippen molar-refractivity contribution in [3.05, 3.63) is 59.7 Å². The molecule has 2 aromatic rings. The number of carbonyl (C=O) groups is 4. The van der Waals surface area contributed by atoms with E-state index in [9.17, 15) is 19.2 Å². The highest BCUT2D eigenvalue weighted by atomic mass is 33.1. The van der Waals surface area contributed by atoms with Crippen LogP contribution < -0.4 is 0 Å². The van der Waals surface area contributed by atoms with E-state index in [1.807, 2.05) is 77.9 Å². The van der Waals surface area contributed by atoms with Crippen molar-refractivity contribution in [1.29, 1.82) is 0 Å². The highest BCUT2D eigenvalue weighted by molar-refractivity contribution is 8.76. The Balaban J connectivity index is 1.50. The first kappa shape index (κ1) is 31.9. The van der Waals surface area contributed by atoms with Gasteiger partial charge in [-0.15, -0.1) is 0 Å². The van der Waals surface area contributed by atoms with Crippen molar-refractivity contribution >= 4 is 45.3 Å². The van der Waals surface area contributed by atoms with Crippen molar-refractivity contribution in [3.63, 3.8) is 0 Å². The smallest absolute Gasteiger partial charge is 0.329 e. The number of hydrogen-bond acceptors (Lipinski definition) is 8. The van der Waals surface area contributed by atoms with Crippen LogP contribution in [0.3, 0.4) is 0 Å². The summed E-state index contributed by atoms with van der Waals surface area (Å²) < 4.78 is 11.2. The molecule has 4 rings (SSSR count). The quantitative estimate of drug-likeness (QED) is 0.263. The fourth-order valence-electron chi connectivity index (χ4n) is 5.08. The Morgan fingerprint density at radius 2 is 1.00 bits per heavy atom. The first-order valence-corrected chi connectivity index (χ1v) is 16.5. The summed E-state index contributed by atoms with van der Waals surface area (Å²) in [5, 5.41) is 0. The molecule has 0 aliphatic carbocycles. The van der Waals surface area contributed by atoms with Crippen molar-refractivity contribution in [2.45, 2.75) is 100 Å². The number of hydrogen-bond donors (Lipinski definition) is 0. The van der Waals surface area contributed by atoms with Crippen molar-refractivity contribution in [2.24, 2.45) is 0 Å². The Bertz CT molecular complexity index is 1230. The molecule has 2 heterocycles. The van der Waals surface area contributed by atoms with E-state index >= 15 is 0 Å². The van der Waals surface area contributed by atoms with Crippen LogP contribution in [0.25, 0.3) is 0 Å². The normalized spacial score (nSPS) is 19.1. The lowest BCUT2D eigenvalue weighted by Gasteiger charge is -2.28. The van der Waals surface area contributed by atoms with Gasteiger partial charge in [0.15, 0.2) is 0 Å². The van der Waals surface area contributed by atoms with E-state index in [4.69, 9.17) is 9.47 Å². The molecule has 0 aromatic heterocycles. The second-order valence-electron chi connectivity index (χ2n) is 12.5. The average molecular weight is 613 g/mol. The van der Waals surface area contributed by atoms with Crippen LogP contribution in [0.1, 0.15) is 87.9 Å². The molecule has 2 aromatic carbocycles. The van der Waals surface area contributed by atoms with Crippen LogP contribution in [-0.2, 0) is 19.1 Å². The van der Waals surface area contributed by atoms with Gasteiger partial charge in [0.05, 0.1) is 11.1 Å². The minimum atomic E-state index is -0.633. The van der Waals surface area contributed by atoms with Gasteiger partial charge in [-0.1, -0.05) is 45.9 Å². The summed E-state index contributed by atoms with van der Waals surface area (Å²) in [6.45, 7) is 11.9. The third-order valence-electron chi connectivity index (χ3n) is 6.84. The zero-order chi connectivity index (χ0) is 30.7. The first-order valence-electron chi connectivity index (χ1n) is 14.4. The number of likely N-dealkylation sites (tertiary alicyclic amines) is 2. The molecule has 0 spiro atoms. The lowest BCUT2D eigenvalue weighted by atomic mass is 10.1. The largest absolute Gasteiger partial charge is 0.458 e. The summed E-state index contributed by atoms with van der Waals surface area (Å²) in [4.78, 5) is 57.8. The summed E-state index contributed by atoms with van der Waals surface area (Å²) in [6.07, 6.45) is 2.61. The van der Waals surface area contributed by atoms with Crippen LogP contribution in [0.15, 0.2) is 58.3 Å². The number of esters is 2. The minimum absolute atomic E-state index is 0.214. The van der Waals surface area contributed by atoms with Gasteiger partial charge in [0.25, 0.3) is 11.8 Å². The number of nitrogens with zero attached hydrogens (tertiary/aromatic N) is 2. The number of benzene rings is 2. The van der Waals surface area contributed by atoms with Gasteiger partial charge in [-0.25, -0.2) is 9.59 Å². The monoisotopic (exact) mass is 612 g/mol. The number of amides is 2. The van der Waals surface area contributed by atoms with Gasteiger partial charge in [0, 0.05) is 22.9 Å². The minimum Gasteiger partial charge on any atom is -0.458 e. The van der Waals surface area contributed by atoms with Crippen molar-refractivity contribution in [1.82, 2.24) is 9.80 Å². The summed E-state index contributed by atoms with van der Waals surface area (Å²) in [5.41, 5.74) is -0.269. The third-order valence-corrected chi connectivity index (χ3v) is 9.32. The van der Waals surface area contributed by atoms with Crippen molar-refractivity contribution in [3.8, 4) is 0 Å². The van der Waals surface area contributed by atoms with Gasteiger partial charge in [-0.05, 0) is 91.5 Å². The highest BCUT2D eigenvalue weighted by Crippen LogP contribution is 2.42. The number of carbonyl (C=O) groups excluding carboxylic acids is 4. The van der Waals surface area contributed by atoms with Gasteiger partial charge in [0.1, 0.15) is 23.3 Å². The predicted molar refractivity (Wildman–Crippen MR) is 164 cm³/mol. The van der Waals surface area contributed by atoms with E-state index in [1.165, 1.54) is 21.6 Å². The molecule has 0 saturated carbocycles. The molecule has 0 N–H and O–H groups in total. The van der Waals surface area contributed by atoms with Gasteiger partial charge >= 0.3 is 11.9 Å². The van der Waals surface area contributed by atoms with E-state index in [0.29, 0.717) is 37.1 Å². The van der Waals surface area contributed by atoms with E-state index in [-0.39, 0.29) is 23.8 Å². The van der Waals surface area contributed by atoms with E-state index in [0.717, 1.165) is 22.6 Å². The number of rotatable bonds is 7. The molecule has 2 saturated heterocycles. The standard InChI is InChI=1S/C32H40N2O6S2/c1-31(2,3)39-29(37)23-15-11-19-33(23)27(35)21-13-7-9-17-25(21)41-42-26-18-10-8-14-22(26)28(36)34-20-12-16-24(34)30(38)40-32(4,5)6/h7-10,13-14,17-18,23-24H,11-12,15-16,19-20H2,1-6H3. The topological polar surface area (TPSA) is 93.2 Å². The van der Waals surface area contributed by atoms with Crippen LogP contribution in [-0.4, -0.2) is 69.9 Å². The summed E-state index contributed by atoms with van der Waals surface area (Å²) >= 11 is 0. The maximum Gasteiger partial charge on any atom is 0.329 e. The van der Waals surface area contributed by atoms with Crippen LogP contribution in [0.2, 0.25) is 0 Å². The maximum absolute atomic E-state index is 13.7. The Morgan fingerprint density at radius 3 is 1.36 bits per heavy atom. The third kappa shape index (κ3) is 7.89. The molecule has 2 aliphatic heterocycles. The van der Waals surface area contributed by atoms with Crippen LogP contribution in [0, 0.1) is 0 Å². The second-order valence-corrected chi connectivity index (χ2v) is 14.8. The molecular formula is C32H40N2O6S2. The molecular weight excluding hydrogens is 572 g/mol. The molecule has 2 unspecified atom stereocenters. The van der Waals surface area contributed by atoms with Crippen molar-refractivity contribution < 1.29 is 28.7 Å². The highest BCUT2D eigenvalue weighted by Gasteiger charge is 2.39. The SMILES string of the molecule is CC(C)(C)OC(=O)C1CCCN1C(=O)c1ccccc1SSc1ccccc1C(=O)N1CCCC1C(=O)OC(C)(C)C. The summed E-state index contributed by atoms with van der Waals surface area (Å²) in [5.74, 6) is -1.19. The number of ether oxygens (including phenoxy) is 2. The maximum atomic E-state index is 13.7. The van der Waals surface area contributed by atoms with Crippen LogP contribution >= 0.6 is 21.6 Å². The molecule has 8 nitrogen and oxygen atoms in total. The molecule has 0 radical (unpaired) electrons. The average Bonchev–Trinajstić information content (AvgIpc) is 3.60. The fraction of sp³-hybridized carbons (Fsp3) is 0.500. The Labute approximate surface area is 256 Å². The van der Waals surface area contributed by atoms with Crippen molar-refractivity contribution in [2.75, 3.05) is 13.1 Å². The Hall–Kier alpha value is -2.98. The zero-order valence-electron chi connectivity index (χ0n) is 25.2. The molecule has 2 amide bonds.